The molecule has 3 heteroatoms. The highest BCUT2D eigenvalue weighted by Crippen LogP contribution is 2.29. The zero-order valence-electron chi connectivity index (χ0n) is 8.85. The fourth-order valence-electron chi connectivity index (χ4n) is 1.47. The summed E-state index contributed by atoms with van der Waals surface area (Å²) in [5.41, 5.74) is 0.249. The van der Waals surface area contributed by atoms with Gasteiger partial charge in [-0.2, -0.15) is 11.8 Å². The molecule has 2 rings (SSSR count). The number of aliphatic hydroxyl groups is 1. The molecule has 1 aliphatic heterocycles. The van der Waals surface area contributed by atoms with E-state index in [0.29, 0.717) is 5.25 Å². The van der Waals surface area contributed by atoms with Crippen molar-refractivity contribution in [1.82, 2.24) is 0 Å². The molecule has 1 aromatic carbocycles. The Morgan fingerprint density at radius 2 is 2.07 bits per heavy atom. The minimum absolute atomic E-state index is 0.570. The third-order valence-corrected chi connectivity index (χ3v) is 4.08. The average molecular weight is 224 g/mol. The van der Waals surface area contributed by atoms with Crippen LogP contribution in [0.15, 0.2) is 30.3 Å². The summed E-state index contributed by atoms with van der Waals surface area (Å²) in [6.07, 6.45) is 0. The van der Waals surface area contributed by atoms with Crippen LogP contribution in [0.4, 0.5) is 0 Å². The van der Waals surface area contributed by atoms with E-state index in [1.54, 1.807) is 11.8 Å². The monoisotopic (exact) mass is 224 g/mol. The molecule has 1 fully saturated rings. The van der Waals surface area contributed by atoms with Gasteiger partial charge in [-0.25, -0.2) is 0 Å². The van der Waals surface area contributed by atoms with Crippen molar-refractivity contribution in [3.8, 4) is 0 Å². The molecule has 0 radical (unpaired) electrons. The summed E-state index contributed by atoms with van der Waals surface area (Å²) in [5.74, 6) is 0.727. The van der Waals surface area contributed by atoms with Crippen molar-refractivity contribution >= 4 is 11.8 Å². The van der Waals surface area contributed by atoms with Crippen LogP contribution in [-0.2, 0) is 10.3 Å². The van der Waals surface area contributed by atoms with Gasteiger partial charge in [-0.3, -0.25) is 0 Å². The molecule has 2 nitrogen and oxygen atoms in total. The predicted octanol–water partition coefficient (Wildman–Crippen LogP) is 2.03. The van der Waals surface area contributed by atoms with Gasteiger partial charge in [0.2, 0.25) is 0 Å². The molecule has 1 saturated heterocycles. The van der Waals surface area contributed by atoms with Gasteiger partial charge >= 0.3 is 0 Å². The van der Waals surface area contributed by atoms with Gasteiger partial charge in [-0.1, -0.05) is 30.3 Å². The first kappa shape index (κ1) is 11.0. The van der Waals surface area contributed by atoms with E-state index >= 15 is 0 Å². The number of thioether (sulfide) groups is 1. The molecule has 1 aromatic rings. The van der Waals surface area contributed by atoms with Crippen LogP contribution < -0.4 is 0 Å². The number of hydrogen-bond donors (Lipinski definition) is 1. The minimum Gasteiger partial charge on any atom is -0.385 e. The molecule has 0 spiro atoms. The summed E-state index contributed by atoms with van der Waals surface area (Å²) in [7, 11) is 0. The molecule has 0 bridgehead atoms. The summed E-state index contributed by atoms with van der Waals surface area (Å²) >= 11 is 1.79. The van der Waals surface area contributed by atoms with Crippen molar-refractivity contribution < 1.29 is 9.84 Å². The lowest BCUT2D eigenvalue weighted by atomic mass is 9.99. The SMILES string of the molecule is CC(O)(CSC1COC1)c1ccccc1. The van der Waals surface area contributed by atoms with Crippen molar-refractivity contribution in [2.45, 2.75) is 17.8 Å². The Morgan fingerprint density at radius 1 is 1.40 bits per heavy atom. The van der Waals surface area contributed by atoms with Crippen LogP contribution in [0.2, 0.25) is 0 Å². The van der Waals surface area contributed by atoms with Gasteiger partial charge in [0.1, 0.15) is 0 Å². The smallest absolute Gasteiger partial charge is 0.0958 e. The number of hydrogen-bond acceptors (Lipinski definition) is 3. The Labute approximate surface area is 94.6 Å². The van der Waals surface area contributed by atoms with Gasteiger partial charge < -0.3 is 9.84 Å². The summed E-state index contributed by atoms with van der Waals surface area (Å²) in [6, 6.07) is 9.82. The van der Waals surface area contributed by atoms with Gasteiger partial charge in [0.15, 0.2) is 0 Å². The minimum atomic E-state index is -0.735. The van der Waals surface area contributed by atoms with Crippen molar-refractivity contribution in [2.24, 2.45) is 0 Å². The Hall–Kier alpha value is -0.510. The highest BCUT2D eigenvalue weighted by atomic mass is 32.2. The van der Waals surface area contributed by atoms with Crippen molar-refractivity contribution in [3.63, 3.8) is 0 Å². The normalized spacial score (nSPS) is 20.7. The van der Waals surface area contributed by atoms with E-state index in [4.69, 9.17) is 4.74 Å². The van der Waals surface area contributed by atoms with Crippen molar-refractivity contribution in [3.05, 3.63) is 35.9 Å². The first-order valence-corrected chi connectivity index (χ1v) is 6.20. The summed E-state index contributed by atoms with van der Waals surface area (Å²) < 4.78 is 5.10. The van der Waals surface area contributed by atoms with Gasteiger partial charge in [0.05, 0.1) is 24.1 Å². The van der Waals surface area contributed by atoms with Crippen LogP contribution >= 0.6 is 11.8 Å². The van der Waals surface area contributed by atoms with E-state index in [2.05, 4.69) is 0 Å². The summed E-state index contributed by atoms with van der Waals surface area (Å²) in [5, 5.41) is 10.9. The van der Waals surface area contributed by atoms with E-state index in [1.807, 2.05) is 37.3 Å². The fourth-order valence-corrected chi connectivity index (χ4v) is 2.58. The van der Waals surface area contributed by atoms with Crippen molar-refractivity contribution in [1.29, 1.82) is 0 Å². The van der Waals surface area contributed by atoms with Crippen molar-refractivity contribution in [2.75, 3.05) is 19.0 Å². The molecule has 0 saturated carbocycles. The topological polar surface area (TPSA) is 29.5 Å². The molecule has 82 valence electrons. The first-order chi connectivity index (χ1) is 7.18. The number of ether oxygens (including phenoxy) is 1. The molecule has 1 atom stereocenters. The largest absolute Gasteiger partial charge is 0.385 e. The second-order valence-electron chi connectivity index (χ2n) is 4.11. The highest BCUT2D eigenvalue weighted by Gasteiger charge is 2.27. The Morgan fingerprint density at radius 3 is 2.60 bits per heavy atom. The third kappa shape index (κ3) is 2.74. The van der Waals surface area contributed by atoms with E-state index in [-0.39, 0.29) is 0 Å². The molecule has 0 aliphatic carbocycles. The quantitative estimate of drug-likeness (QED) is 0.848. The van der Waals surface area contributed by atoms with Crippen LogP contribution in [-0.4, -0.2) is 29.3 Å². The van der Waals surface area contributed by atoms with Crippen LogP contribution in [0.25, 0.3) is 0 Å². The van der Waals surface area contributed by atoms with E-state index < -0.39 is 5.60 Å². The molecular formula is C12H16O2S. The average Bonchev–Trinajstić information content (AvgIpc) is 2.16. The van der Waals surface area contributed by atoms with Gasteiger partial charge in [0, 0.05) is 5.75 Å². The summed E-state index contributed by atoms with van der Waals surface area (Å²) in [4.78, 5) is 0. The maximum absolute atomic E-state index is 10.3. The third-order valence-electron chi connectivity index (χ3n) is 2.60. The number of rotatable bonds is 4. The van der Waals surface area contributed by atoms with Gasteiger partial charge in [-0.15, -0.1) is 0 Å². The second kappa shape index (κ2) is 4.56. The Bertz CT molecular complexity index is 307. The maximum Gasteiger partial charge on any atom is 0.0958 e. The van der Waals surface area contributed by atoms with E-state index in [0.717, 1.165) is 24.5 Å². The maximum atomic E-state index is 10.3. The molecular weight excluding hydrogens is 208 g/mol. The Kier molecular flexibility index (Phi) is 3.34. The van der Waals surface area contributed by atoms with E-state index in [1.165, 1.54) is 0 Å². The molecule has 1 heterocycles. The molecule has 1 unspecified atom stereocenters. The lowest BCUT2D eigenvalue weighted by Gasteiger charge is -2.30. The molecule has 0 aromatic heterocycles. The number of benzene rings is 1. The predicted molar refractivity (Wildman–Crippen MR) is 63.1 cm³/mol. The van der Waals surface area contributed by atoms with E-state index in [9.17, 15) is 5.11 Å². The molecule has 1 aliphatic rings. The van der Waals surface area contributed by atoms with Crippen LogP contribution in [0.3, 0.4) is 0 Å². The van der Waals surface area contributed by atoms with Crippen LogP contribution in [0, 0.1) is 0 Å². The Balaban J connectivity index is 1.93. The van der Waals surface area contributed by atoms with Gasteiger partial charge in [-0.05, 0) is 12.5 Å². The van der Waals surface area contributed by atoms with Crippen LogP contribution in [0.1, 0.15) is 12.5 Å². The molecule has 1 N–H and O–H groups in total. The summed E-state index contributed by atoms with van der Waals surface area (Å²) in [6.45, 7) is 3.53. The molecule has 15 heavy (non-hydrogen) atoms. The molecule has 0 amide bonds. The lowest BCUT2D eigenvalue weighted by Crippen LogP contribution is -2.34. The van der Waals surface area contributed by atoms with Crippen LogP contribution in [0.5, 0.6) is 0 Å². The fraction of sp³-hybridized carbons (Fsp3) is 0.500. The highest BCUT2D eigenvalue weighted by molar-refractivity contribution is 8.00. The zero-order chi connectivity index (χ0) is 10.7. The van der Waals surface area contributed by atoms with Gasteiger partial charge in [0.25, 0.3) is 0 Å². The standard InChI is InChI=1S/C12H16O2S/c1-12(13,9-15-11-7-14-8-11)10-5-3-2-4-6-10/h2-6,11,13H,7-9H2,1H3. The second-order valence-corrected chi connectivity index (χ2v) is 5.40. The zero-order valence-corrected chi connectivity index (χ0v) is 9.67. The first-order valence-electron chi connectivity index (χ1n) is 5.16. The lowest BCUT2D eigenvalue weighted by molar-refractivity contribution is 0.0438.